The Morgan fingerprint density at radius 1 is 1.39 bits per heavy atom. The minimum Gasteiger partial charge on any atom is -0.396 e. The van der Waals surface area contributed by atoms with Gasteiger partial charge in [-0.3, -0.25) is 4.79 Å². The SMILES string of the molecule is CCC1CCCCC1C(=O)c1cccc(F)c1N. The van der Waals surface area contributed by atoms with Crippen molar-refractivity contribution in [3.63, 3.8) is 0 Å². The zero-order valence-corrected chi connectivity index (χ0v) is 10.8. The Morgan fingerprint density at radius 3 is 2.83 bits per heavy atom. The number of nitrogens with two attached hydrogens (primary N) is 1. The first-order valence-corrected chi connectivity index (χ1v) is 6.73. The van der Waals surface area contributed by atoms with Crippen molar-refractivity contribution in [1.82, 2.24) is 0 Å². The van der Waals surface area contributed by atoms with Crippen LogP contribution in [0.4, 0.5) is 10.1 Å². The van der Waals surface area contributed by atoms with Crippen molar-refractivity contribution in [1.29, 1.82) is 0 Å². The third-order valence-corrected chi connectivity index (χ3v) is 4.09. The highest BCUT2D eigenvalue weighted by Crippen LogP contribution is 2.35. The Hall–Kier alpha value is -1.38. The van der Waals surface area contributed by atoms with Crippen LogP contribution in [0.3, 0.4) is 0 Å². The summed E-state index contributed by atoms with van der Waals surface area (Å²) in [5.74, 6) is -0.0231. The van der Waals surface area contributed by atoms with Crippen molar-refractivity contribution in [3.05, 3.63) is 29.6 Å². The molecule has 3 heteroatoms. The second kappa shape index (κ2) is 5.51. The van der Waals surface area contributed by atoms with Crippen molar-refractivity contribution >= 4 is 11.5 Å². The van der Waals surface area contributed by atoms with Gasteiger partial charge >= 0.3 is 0 Å². The lowest BCUT2D eigenvalue weighted by Crippen LogP contribution is -2.27. The first-order chi connectivity index (χ1) is 8.65. The average molecular weight is 249 g/mol. The lowest BCUT2D eigenvalue weighted by molar-refractivity contribution is 0.0821. The third kappa shape index (κ3) is 2.40. The van der Waals surface area contributed by atoms with E-state index < -0.39 is 5.82 Å². The van der Waals surface area contributed by atoms with Crippen molar-refractivity contribution in [2.45, 2.75) is 39.0 Å². The van der Waals surface area contributed by atoms with Crippen LogP contribution in [0.2, 0.25) is 0 Å². The summed E-state index contributed by atoms with van der Waals surface area (Å²) in [4.78, 5) is 12.5. The standard InChI is InChI=1S/C15H20FNO/c1-2-10-6-3-4-7-11(10)15(18)12-8-5-9-13(16)14(12)17/h5,8-11H,2-4,6-7,17H2,1H3. The molecule has 2 atom stereocenters. The normalized spacial score (nSPS) is 23.9. The average Bonchev–Trinajstić information content (AvgIpc) is 2.41. The Bertz CT molecular complexity index is 444. The van der Waals surface area contributed by atoms with Crippen LogP contribution in [-0.2, 0) is 0 Å². The lowest BCUT2D eigenvalue weighted by atomic mass is 9.74. The first-order valence-electron chi connectivity index (χ1n) is 6.73. The number of halogens is 1. The van der Waals surface area contributed by atoms with Crippen LogP contribution >= 0.6 is 0 Å². The number of rotatable bonds is 3. The van der Waals surface area contributed by atoms with Gasteiger partial charge < -0.3 is 5.73 Å². The van der Waals surface area contributed by atoms with Gasteiger partial charge in [-0.05, 0) is 30.9 Å². The van der Waals surface area contributed by atoms with Crippen LogP contribution < -0.4 is 5.73 Å². The van der Waals surface area contributed by atoms with Crippen LogP contribution in [0.15, 0.2) is 18.2 Å². The molecule has 2 rings (SSSR count). The maximum absolute atomic E-state index is 13.4. The smallest absolute Gasteiger partial charge is 0.168 e. The molecule has 0 spiro atoms. The molecule has 18 heavy (non-hydrogen) atoms. The van der Waals surface area contributed by atoms with Gasteiger partial charge in [0.25, 0.3) is 0 Å². The van der Waals surface area contributed by atoms with E-state index in [1.807, 2.05) is 0 Å². The monoisotopic (exact) mass is 249 g/mol. The third-order valence-electron chi connectivity index (χ3n) is 4.09. The molecule has 1 aliphatic carbocycles. The fourth-order valence-electron chi connectivity index (χ4n) is 2.99. The van der Waals surface area contributed by atoms with Gasteiger partial charge in [-0.15, -0.1) is 0 Å². The number of benzene rings is 1. The Labute approximate surface area is 107 Å². The fraction of sp³-hybridized carbons (Fsp3) is 0.533. The highest BCUT2D eigenvalue weighted by atomic mass is 19.1. The summed E-state index contributed by atoms with van der Waals surface area (Å²) in [6.45, 7) is 2.12. The van der Waals surface area contributed by atoms with Gasteiger partial charge in [0.05, 0.1) is 5.69 Å². The van der Waals surface area contributed by atoms with Gasteiger partial charge in [-0.25, -0.2) is 4.39 Å². The predicted molar refractivity (Wildman–Crippen MR) is 70.9 cm³/mol. The molecule has 1 aromatic rings. The van der Waals surface area contributed by atoms with E-state index in [1.165, 1.54) is 12.5 Å². The van der Waals surface area contributed by atoms with Gasteiger partial charge in [0.2, 0.25) is 0 Å². The van der Waals surface area contributed by atoms with Gasteiger partial charge in [0.1, 0.15) is 5.82 Å². The van der Waals surface area contributed by atoms with Crippen LogP contribution in [-0.4, -0.2) is 5.78 Å². The summed E-state index contributed by atoms with van der Waals surface area (Å²) >= 11 is 0. The van der Waals surface area contributed by atoms with Gasteiger partial charge in [-0.1, -0.05) is 32.3 Å². The molecule has 0 amide bonds. The summed E-state index contributed by atoms with van der Waals surface area (Å²) in [5, 5.41) is 0. The molecule has 2 nitrogen and oxygen atoms in total. The molecule has 0 heterocycles. The molecule has 2 N–H and O–H groups in total. The maximum atomic E-state index is 13.4. The molecule has 1 aliphatic rings. The predicted octanol–water partition coefficient (Wildman–Crippen LogP) is 3.81. The van der Waals surface area contributed by atoms with E-state index >= 15 is 0 Å². The number of Topliss-reactive ketones (excluding diaryl/α,β-unsaturated/α-hetero) is 1. The number of hydrogen-bond donors (Lipinski definition) is 1. The van der Waals surface area contributed by atoms with E-state index in [1.54, 1.807) is 12.1 Å². The van der Waals surface area contributed by atoms with Crippen LogP contribution in [0.1, 0.15) is 49.4 Å². The molecule has 0 aliphatic heterocycles. The van der Waals surface area contributed by atoms with Gasteiger partial charge in [0, 0.05) is 11.5 Å². The number of carbonyl (C=O) groups is 1. The summed E-state index contributed by atoms with van der Waals surface area (Å²) in [6.07, 6.45) is 5.30. The quantitative estimate of drug-likeness (QED) is 0.654. The number of hydrogen-bond acceptors (Lipinski definition) is 2. The van der Waals surface area contributed by atoms with Crippen molar-refractivity contribution in [3.8, 4) is 0 Å². The van der Waals surface area contributed by atoms with Crippen LogP contribution in [0.25, 0.3) is 0 Å². The van der Waals surface area contributed by atoms with E-state index in [0.717, 1.165) is 25.7 Å². The van der Waals surface area contributed by atoms with E-state index in [4.69, 9.17) is 5.73 Å². The molecule has 0 aromatic heterocycles. The van der Waals surface area contributed by atoms with Crippen LogP contribution in [0.5, 0.6) is 0 Å². The highest BCUT2D eigenvalue weighted by Gasteiger charge is 2.31. The molecular formula is C15H20FNO. The number of para-hydroxylation sites is 1. The molecule has 2 unspecified atom stereocenters. The molecule has 0 bridgehead atoms. The largest absolute Gasteiger partial charge is 0.396 e. The highest BCUT2D eigenvalue weighted by molar-refractivity contribution is 6.02. The molecule has 0 radical (unpaired) electrons. The molecular weight excluding hydrogens is 229 g/mol. The molecule has 1 aromatic carbocycles. The summed E-state index contributed by atoms with van der Waals surface area (Å²) < 4.78 is 13.4. The van der Waals surface area contributed by atoms with E-state index in [2.05, 4.69) is 6.92 Å². The zero-order valence-electron chi connectivity index (χ0n) is 10.8. The van der Waals surface area contributed by atoms with Crippen molar-refractivity contribution in [2.24, 2.45) is 11.8 Å². The fourth-order valence-corrected chi connectivity index (χ4v) is 2.99. The van der Waals surface area contributed by atoms with Gasteiger partial charge in [-0.2, -0.15) is 0 Å². The minimum absolute atomic E-state index is 0.00271. The summed E-state index contributed by atoms with van der Waals surface area (Å²) in [7, 11) is 0. The second-order valence-electron chi connectivity index (χ2n) is 5.12. The first kappa shape index (κ1) is 13.1. The maximum Gasteiger partial charge on any atom is 0.168 e. The molecule has 1 fully saturated rings. The minimum atomic E-state index is -0.496. The zero-order chi connectivity index (χ0) is 13.1. The van der Waals surface area contributed by atoms with Crippen molar-refractivity contribution in [2.75, 3.05) is 5.73 Å². The number of anilines is 1. The molecule has 0 saturated heterocycles. The topological polar surface area (TPSA) is 43.1 Å². The number of nitrogen functional groups attached to an aromatic ring is 1. The number of carbonyl (C=O) groups excluding carboxylic acids is 1. The lowest BCUT2D eigenvalue weighted by Gasteiger charge is -2.30. The summed E-state index contributed by atoms with van der Waals surface area (Å²) in [6, 6.07) is 4.50. The number of ketones is 1. The second-order valence-corrected chi connectivity index (χ2v) is 5.12. The molecule has 98 valence electrons. The van der Waals surface area contributed by atoms with Crippen LogP contribution in [0, 0.1) is 17.7 Å². The Balaban J connectivity index is 2.27. The van der Waals surface area contributed by atoms with Crippen molar-refractivity contribution < 1.29 is 9.18 Å². The molecule has 1 saturated carbocycles. The Kier molecular flexibility index (Phi) is 4.00. The van der Waals surface area contributed by atoms with E-state index in [9.17, 15) is 9.18 Å². The Morgan fingerprint density at radius 2 is 2.11 bits per heavy atom. The van der Waals surface area contributed by atoms with E-state index in [0.29, 0.717) is 11.5 Å². The van der Waals surface area contributed by atoms with E-state index in [-0.39, 0.29) is 17.4 Å². The summed E-state index contributed by atoms with van der Waals surface area (Å²) in [5.41, 5.74) is 6.05. The van der Waals surface area contributed by atoms with Gasteiger partial charge in [0.15, 0.2) is 5.78 Å².